The highest BCUT2D eigenvalue weighted by atomic mass is 16.8. The summed E-state index contributed by atoms with van der Waals surface area (Å²) in [7, 11) is 0. The lowest BCUT2D eigenvalue weighted by molar-refractivity contribution is -0.778. The second kappa shape index (κ2) is 2.26. The van der Waals surface area contributed by atoms with Crippen LogP contribution < -0.4 is 0 Å². The fourth-order valence-electron chi connectivity index (χ4n) is 0.417. The molecule has 0 radical (unpaired) electrons. The Balaban J connectivity index is 2.58. The molecule has 0 fully saturated rings. The van der Waals surface area contributed by atoms with Crippen molar-refractivity contribution >= 4 is 0 Å². The predicted molar refractivity (Wildman–Crippen MR) is 27.9 cm³/mol. The first kappa shape index (κ1) is 5.03. The highest BCUT2D eigenvalue weighted by Gasteiger charge is 2.03. The molecule has 0 unspecified atom stereocenters. The number of hydrogen-bond acceptors (Lipinski definition) is 2. The van der Waals surface area contributed by atoms with Gasteiger partial charge in [-0.15, -0.1) is 0 Å². The number of hydrogen-bond donors (Lipinski definition) is 0. The molecule has 1 aliphatic heterocycles. The summed E-state index contributed by atoms with van der Waals surface area (Å²) in [6.07, 6.45) is 6.49. The zero-order valence-electron chi connectivity index (χ0n) is 4.28. The van der Waals surface area contributed by atoms with Crippen molar-refractivity contribution in [2.75, 3.05) is 6.54 Å². The fraction of sp³-hybridized carbons (Fsp3) is 0.200. The van der Waals surface area contributed by atoms with Crippen LogP contribution in [-0.2, 0) is 4.84 Å². The summed E-state index contributed by atoms with van der Waals surface area (Å²) < 4.78 is 0. The molecular weight excluding hydrogens is 106 g/mol. The van der Waals surface area contributed by atoms with Crippen LogP contribution in [0.2, 0.25) is 0 Å². The molecule has 1 heterocycles. The lowest BCUT2D eigenvalue weighted by Gasteiger charge is -1.77. The average Bonchev–Trinajstić information content (AvgIpc) is 1.94. The molecule has 0 aliphatic carbocycles. The van der Waals surface area contributed by atoms with Crippen molar-refractivity contribution < 1.29 is 9.76 Å². The summed E-state index contributed by atoms with van der Waals surface area (Å²) >= 11 is 0. The maximum absolute atomic E-state index is 10.3. The first-order valence-electron chi connectivity index (χ1n) is 2.33. The minimum absolute atomic E-state index is 0.299. The highest BCUT2D eigenvalue weighted by Crippen LogP contribution is 1.88. The molecule has 0 N–H and O–H groups in total. The molecule has 0 bridgehead atoms. The van der Waals surface area contributed by atoms with E-state index in [2.05, 4.69) is 4.84 Å². The van der Waals surface area contributed by atoms with Crippen LogP contribution in [0.15, 0.2) is 24.5 Å². The van der Waals surface area contributed by atoms with E-state index in [4.69, 9.17) is 0 Å². The third kappa shape index (κ3) is 1.18. The first-order chi connectivity index (χ1) is 3.89. The van der Waals surface area contributed by atoms with Gasteiger partial charge in [-0.05, 0) is 12.2 Å². The second-order valence-corrected chi connectivity index (χ2v) is 1.38. The molecule has 0 atom stereocenters. The van der Waals surface area contributed by atoms with Gasteiger partial charge >= 0.3 is 0 Å². The van der Waals surface area contributed by atoms with Crippen molar-refractivity contribution in [1.82, 2.24) is 0 Å². The smallest absolute Gasteiger partial charge is 0.199 e. The van der Waals surface area contributed by atoms with E-state index in [1.165, 1.54) is 6.26 Å². The minimum atomic E-state index is 0.299. The molecule has 3 heteroatoms. The van der Waals surface area contributed by atoms with Crippen LogP contribution in [0.25, 0.3) is 0 Å². The van der Waals surface area contributed by atoms with Gasteiger partial charge in [0.1, 0.15) is 0 Å². The van der Waals surface area contributed by atoms with Crippen molar-refractivity contribution in [1.29, 1.82) is 0 Å². The summed E-state index contributed by atoms with van der Waals surface area (Å²) in [4.78, 5) is 15.2. The summed E-state index contributed by atoms with van der Waals surface area (Å²) in [6.45, 7) is 0.299. The normalized spacial score (nSPS) is 17.8. The Morgan fingerprint density at radius 1 is 1.50 bits per heavy atom. The van der Waals surface area contributed by atoms with Gasteiger partial charge in [-0.1, -0.05) is 6.08 Å². The van der Waals surface area contributed by atoms with E-state index < -0.39 is 0 Å². The molecule has 0 amide bonds. The summed E-state index contributed by atoms with van der Waals surface area (Å²) in [5, 5.41) is 0. The van der Waals surface area contributed by atoms with Gasteiger partial charge in [0.15, 0.2) is 6.26 Å². The SMILES string of the molecule is O=[N+]1CC=CC=CO1. The Hall–Kier alpha value is -1.12. The molecule has 0 aromatic carbocycles. The van der Waals surface area contributed by atoms with Crippen LogP contribution in [0.1, 0.15) is 0 Å². The Morgan fingerprint density at radius 2 is 2.38 bits per heavy atom. The van der Waals surface area contributed by atoms with Gasteiger partial charge in [-0.2, -0.15) is 4.84 Å². The van der Waals surface area contributed by atoms with Crippen molar-refractivity contribution in [3.05, 3.63) is 29.4 Å². The van der Waals surface area contributed by atoms with Crippen LogP contribution in [0, 0.1) is 4.91 Å². The van der Waals surface area contributed by atoms with E-state index >= 15 is 0 Å². The van der Waals surface area contributed by atoms with Gasteiger partial charge in [-0.3, -0.25) is 0 Å². The molecule has 0 spiro atoms. The van der Waals surface area contributed by atoms with Gasteiger partial charge in [0.2, 0.25) is 4.92 Å². The van der Waals surface area contributed by atoms with Crippen LogP contribution in [0.5, 0.6) is 0 Å². The number of rotatable bonds is 0. The molecule has 42 valence electrons. The second-order valence-electron chi connectivity index (χ2n) is 1.38. The fourth-order valence-corrected chi connectivity index (χ4v) is 0.417. The van der Waals surface area contributed by atoms with Gasteiger partial charge < -0.3 is 0 Å². The summed E-state index contributed by atoms with van der Waals surface area (Å²) in [5.41, 5.74) is 0. The van der Waals surface area contributed by atoms with Crippen LogP contribution in [-0.4, -0.2) is 11.5 Å². The quantitative estimate of drug-likeness (QED) is 0.463. The Labute approximate surface area is 46.8 Å². The van der Waals surface area contributed by atoms with E-state index in [1.807, 2.05) is 0 Å². The molecule has 0 aromatic rings. The van der Waals surface area contributed by atoms with Crippen molar-refractivity contribution in [2.24, 2.45) is 0 Å². The minimum Gasteiger partial charge on any atom is -0.199 e. The lowest BCUT2D eigenvalue weighted by atomic mass is 10.5. The van der Waals surface area contributed by atoms with Crippen molar-refractivity contribution in [3.63, 3.8) is 0 Å². The van der Waals surface area contributed by atoms with Crippen molar-refractivity contribution in [2.45, 2.75) is 0 Å². The Bertz CT molecular complexity index is 133. The van der Waals surface area contributed by atoms with E-state index in [-0.39, 0.29) is 0 Å². The number of nitrogens with zero attached hydrogens (tertiary/aromatic N) is 1. The van der Waals surface area contributed by atoms with Gasteiger partial charge in [0.25, 0.3) is 6.54 Å². The van der Waals surface area contributed by atoms with Gasteiger partial charge in [-0.25, -0.2) is 0 Å². The zero-order chi connectivity index (χ0) is 5.82. The van der Waals surface area contributed by atoms with Gasteiger partial charge in [0.05, 0.1) is 4.91 Å². The lowest BCUT2D eigenvalue weighted by Crippen LogP contribution is -2.02. The highest BCUT2D eigenvalue weighted by molar-refractivity contribution is 4.99. The third-order valence-electron chi connectivity index (χ3n) is 0.759. The zero-order valence-corrected chi connectivity index (χ0v) is 4.28. The topological polar surface area (TPSA) is 29.3 Å². The predicted octanol–water partition coefficient (Wildman–Crippen LogP) is 0.780. The molecular formula is C5H6NO2+. The maximum Gasteiger partial charge on any atom is 0.267 e. The monoisotopic (exact) mass is 112 g/mol. The largest absolute Gasteiger partial charge is 0.267 e. The standard InChI is InChI=1S/C5H6NO2/c7-6-4-2-1-3-5-8-6/h1-3,5H,4H2/q+1. The molecule has 0 saturated heterocycles. The molecule has 1 aliphatic rings. The van der Waals surface area contributed by atoms with Crippen molar-refractivity contribution in [3.8, 4) is 0 Å². The molecule has 1 rings (SSSR count). The maximum atomic E-state index is 10.3. The van der Waals surface area contributed by atoms with E-state index in [1.54, 1.807) is 18.2 Å². The van der Waals surface area contributed by atoms with E-state index in [0.717, 1.165) is 0 Å². The molecule has 0 saturated carbocycles. The summed E-state index contributed by atoms with van der Waals surface area (Å²) in [6, 6.07) is 0. The van der Waals surface area contributed by atoms with E-state index in [0.29, 0.717) is 11.5 Å². The Morgan fingerprint density at radius 3 is 3.25 bits per heavy atom. The third-order valence-corrected chi connectivity index (χ3v) is 0.759. The van der Waals surface area contributed by atoms with E-state index in [9.17, 15) is 4.91 Å². The molecule has 8 heavy (non-hydrogen) atoms. The molecule has 3 nitrogen and oxygen atoms in total. The van der Waals surface area contributed by atoms with Gasteiger partial charge in [0, 0.05) is 0 Å². The van der Waals surface area contributed by atoms with Crippen LogP contribution in [0.4, 0.5) is 0 Å². The average molecular weight is 112 g/mol. The summed E-state index contributed by atoms with van der Waals surface area (Å²) in [5.74, 6) is 0. The Kier molecular flexibility index (Phi) is 1.42. The number of allylic oxidation sites excluding steroid dienone is 2. The first-order valence-corrected chi connectivity index (χ1v) is 2.33. The molecule has 0 aromatic heterocycles. The van der Waals surface area contributed by atoms with Crippen LogP contribution in [0.3, 0.4) is 0 Å². The van der Waals surface area contributed by atoms with Crippen LogP contribution >= 0.6 is 0 Å².